The van der Waals surface area contributed by atoms with E-state index >= 15 is 0 Å². The lowest BCUT2D eigenvalue weighted by Crippen LogP contribution is -2.36. The van der Waals surface area contributed by atoms with Gasteiger partial charge in [-0.25, -0.2) is 0 Å². The number of rotatable bonds is 8. The number of hydrogen-bond donors (Lipinski definition) is 0. The van der Waals surface area contributed by atoms with E-state index in [1.807, 2.05) is 19.9 Å². The predicted octanol–water partition coefficient (Wildman–Crippen LogP) is 3.71. The number of hydrogen-bond acceptors (Lipinski definition) is 8. The van der Waals surface area contributed by atoms with Crippen molar-refractivity contribution in [2.24, 2.45) is 5.92 Å². The number of carbonyl (C=O) groups is 1. The molecule has 4 rings (SSSR count). The minimum atomic E-state index is -0.514. The first kappa shape index (κ1) is 21.3. The number of carbonyl (C=O) groups excluding carboxylic acids is 1. The Bertz CT molecular complexity index is 1140. The van der Waals surface area contributed by atoms with Crippen LogP contribution in [0.4, 0.5) is 5.69 Å². The molecule has 0 atom stereocenters. The summed E-state index contributed by atoms with van der Waals surface area (Å²) in [5, 5.41) is 15.1. The van der Waals surface area contributed by atoms with Gasteiger partial charge in [0.1, 0.15) is 0 Å². The number of amides is 1. The van der Waals surface area contributed by atoms with Crippen LogP contribution in [0.1, 0.15) is 30.1 Å². The summed E-state index contributed by atoms with van der Waals surface area (Å²) in [6, 6.07) is 11.1. The Morgan fingerprint density at radius 1 is 1.19 bits per heavy atom. The third-order valence-electron chi connectivity index (χ3n) is 4.87. The van der Waals surface area contributed by atoms with Crippen molar-refractivity contribution in [3.05, 3.63) is 64.0 Å². The van der Waals surface area contributed by atoms with E-state index in [1.54, 1.807) is 23.1 Å². The van der Waals surface area contributed by atoms with Crippen LogP contribution in [-0.2, 0) is 6.42 Å². The van der Waals surface area contributed by atoms with Crippen LogP contribution < -0.4 is 9.47 Å². The number of ether oxygens (including phenoxy) is 2. The summed E-state index contributed by atoms with van der Waals surface area (Å²) in [5.74, 6) is 2.03. The van der Waals surface area contributed by atoms with Gasteiger partial charge in [-0.05, 0) is 30.2 Å². The molecule has 0 bridgehead atoms. The molecule has 1 aliphatic rings. The van der Waals surface area contributed by atoms with Gasteiger partial charge in [0, 0.05) is 42.8 Å². The minimum Gasteiger partial charge on any atom is -0.454 e. The van der Waals surface area contributed by atoms with E-state index in [2.05, 4.69) is 10.1 Å². The summed E-state index contributed by atoms with van der Waals surface area (Å²) in [5.41, 5.74) is 0.882. The maximum atomic E-state index is 13.0. The third kappa shape index (κ3) is 4.69. The second-order valence-electron chi connectivity index (χ2n) is 7.78. The summed E-state index contributed by atoms with van der Waals surface area (Å²) < 4.78 is 16.1. The first-order valence-corrected chi connectivity index (χ1v) is 10.2. The molecule has 1 aromatic heterocycles. The highest BCUT2D eigenvalue weighted by molar-refractivity contribution is 5.94. The van der Waals surface area contributed by atoms with Crippen molar-refractivity contribution in [3.63, 3.8) is 0 Å². The van der Waals surface area contributed by atoms with E-state index in [0.717, 1.165) is 5.56 Å². The maximum Gasteiger partial charge on any atom is 0.270 e. The molecular weight excluding hydrogens is 416 g/mol. The molecule has 32 heavy (non-hydrogen) atoms. The fourth-order valence-electron chi connectivity index (χ4n) is 3.39. The quantitative estimate of drug-likeness (QED) is 0.385. The Morgan fingerprint density at radius 2 is 2.00 bits per heavy atom. The van der Waals surface area contributed by atoms with Crippen molar-refractivity contribution >= 4 is 11.6 Å². The van der Waals surface area contributed by atoms with Gasteiger partial charge in [0.05, 0.1) is 4.92 Å². The van der Waals surface area contributed by atoms with Crippen molar-refractivity contribution in [1.29, 1.82) is 0 Å². The minimum absolute atomic E-state index is 0.120. The highest BCUT2D eigenvalue weighted by Crippen LogP contribution is 2.35. The normalized spacial score (nSPS) is 12.2. The Kier molecular flexibility index (Phi) is 6.02. The fraction of sp³-hybridized carbons (Fsp3) is 0.318. The van der Waals surface area contributed by atoms with Gasteiger partial charge in [0.15, 0.2) is 11.5 Å². The molecule has 2 heterocycles. The van der Waals surface area contributed by atoms with Crippen molar-refractivity contribution in [2.45, 2.75) is 20.3 Å². The van der Waals surface area contributed by atoms with E-state index in [4.69, 9.17) is 14.0 Å². The van der Waals surface area contributed by atoms with Gasteiger partial charge in [0.2, 0.25) is 18.5 Å². The number of fused-ring (bicyclic) bond motifs is 1. The van der Waals surface area contributed by atoms with Gasteiger partial charge in [-0.1, -0.05) is 25.1 Å². The molecule has 10 nitrogen and oxygen atoms in total. The van der Waals surface area contributed by atoms with Gasteiger partial charge >= 0.3 is 0 Å². The zero-order valence-electron chi connectivity index (χ0n) is 17.7. The number of non-ortho nitro benzene ring substituents is 1. The topological polar surface area (TPSA) is 121 Å². The molecule has 1 aliphatic heterocycles. The maximum absolute atomic E-state index is 13.0. The van der Waals surface area contributed by atoms with Gasteiger partial charge in [-0.15, -0.1) is 0 Å². The van der Waals surface area contributed by atoms with Gasteiger partial charge in [-0.2, -0.15) is 4.98 Å². The monoisotopic (exact) mass is 438 g/mol. The molecule has 0 aliphatic carbocycles. The second-order valence-corrected chi connectivity index (χ2v) is 7.78. The van der Waals surface area contributed by atoms with Gasteiger partial charge in [0.25, 0.3) is 11.6 Å². The molecule has 166 valence electrons. The summed E-state index contributed by atoms with van der Waals surface area (Å²) in [4.78, 5) is 29.6. The van der Waals surface area contributed by atoms with Crippen LogP contribution in [0.25, 0.3) is 11.4 Å². The Morgan fingerprint density at radius 3 is 2.78 bits per heavy atom. The summed E-state index contributed by atoms with van der Waals surface area (Å²) >= 11 is 0. The lowest BCUT2D eigenvalue weighted by atomic mass is 10.1. The molecule has 0 radical (unpaired) electrons. The van der Waals surface area contributed by atoms with Crippen molar-refractivity contribution < 1.29 is 23.7 Å². The molecule has 10 heteroatoms. The van der Waals surface area contributed by atoms with Crippen LogP contribution in [0.3, 0.4) is 0 Å². The van der Waals surface area contributed by atoms with Gasteiger partial charge in [-0.3, -0.25) is 14.9 Å². The van der Waals surface area contributed by atoms with Crippen LogP contribution in [0.2, 0.25) is 0 Å². The number of nitro benzene ring substituents is 1. The van der Waals surface area contributed by atoms with E-state index in [0.29, 0.717) is 42.7 Å². The summed E-state index contributed by atoms with van der Waals surface area (Å²) in [6.45, 7) is 5.00. The highest BCUT2D eigenvalue weighted by Gasteiger charge is 2.21. The largest absolute Gasteiger partial charge is 0.454 e. The standard InChI is InChI=1S/C22H22N4O6/c1-14(2)12-25(22(27)16-4-3-5-17(10-16)26(28)29)9-8-20-23-21(24-32-20)15-6-7-18-19(11-15)31-13-30-18/h3-7,10-11,14H,8-9,12-13H2,1-2H3. The smallest absolute Gasteiger partial charge is 0.270 e. The Labute approximate surface area is 183 Å². The molecule has 0 unspecified atom stereocenters. The highest BCUT2D eigenvalue weighted by atomic mass is 16.7. The first-order valence-electron chi connectivity index (χ1n) is 10.2. The molecular formula is C22H22N4O6. The van der Waals surface area contributed by atoms with E-state index in [-0.39, 0.29) is 29.9 Å². The lowest BCUT2D eigenvalue weighted by Gasteiger charge is -2.24. The predicted molar refractivity (Wildman–Crippen MR) is 113 cm³/mol. The molecule has 0 saturated heterocycles. The van der Waals surface area contributed by atoms with Crippen molar-refractivity contribution in [1.82, 2.24) is 15.0 Å². The number of nitro groups is 1. The third-order valence-corrected chi connectivity index (χ3v) is 4.87. The van der Waals surface area contributed by atoms with Gasteiger partial charge < -0.3 is 18.9 Å². The molecule has 0 N–H and O–H groups in total. The van der Waals surface area contributed by atoms with Crippen molar-refractivity contribution in [3.8, 4) is 22.9 Å². The van der Waals surface area contributed by atoms with E-state index < -0.39 is 4.92 Å². The number of aromatic nitrogens is 2. The number of benzene rings is 2. The van der Waals surface area contributed by atoms with Crippen LogP contribution in [-0.4, -0.2) is 45.8 Å². The van der Waals surface area contributed by atoms with E-state index in [9.17, 15) is 14.9 Å². The number of nitrogens with zero attached hydrogens (tertiary/aromatic N) is 4. The Hall–Kier alpha value is -3.95. The molecule has 3 aromatic rings. The lowest BCUT2D eigenvalue weighted by molar-refractivity contribution is -0.384. The van der Waals surface area contributed by atoms with Crippen LogP contribution in [0, 0.1) is 16.0 Å². The summed E-state index contributed by atoms with van der Waals surface area (Å²) in [7, 11) is 0. The zero-order valence-corrected chi connectivity index (χ0v) is 17.7. The molecule has 2 aromatic carbocycles. The second kappa shape index (κ2) is 9.04. The molecule has 0 spiro atoms. The average molecular weight is 438 g/mol. The van der Waals surface area contributed by atoms with Crippen LogP contribution in [0.5, 0.6) is 11.5 Å². The van der Waals surface area contributed by atoms with Crippen LogP contribution >= 0.6 is 0 Å². The van der Waals surface area contributed by atoms with Crippen LogP contribution in [0.15, 0.2) is 47.0 Å². The Balaban J connectivity index is 1.47. The zero-order chi connectivity index (χ0) is 22.7. The molecule has 1 amide bonds. The SMILES string of the molecule is CC(C)CN(CCc1nc(-c2ccc3c(c2)OCO3)no1)C(=O)c1cccc([N+](=O)[O-])c1. The van der Waals surface area contributed by atoms with Crippen molar-refractivity contribution in [2.75, 3.05) is 19.9 Å². The first-order chi connectivity index (χ1) is 15.4. The molecule has 0 saturated carbocycles. The van der Waals surface area contributed by atoms with E-state index in [1.165, 1.54) is 18.2 Å². The molecule has 0 fully saturated rings. The average Bonchev–Trinajstić information content (AvgIpc) is 3.44. The summed E-state index contributed by atoms with van der Waals surface area (Å²) in [6.07, 6.45) is 0.352. The fourth-order valence-corrected chi connectivity index (χ4v) is 3.39.